The Labute approximate surface area is 168 Å². The minimum absolute atomic E-state index is 0.0307. The molecule has 28 heavy (non-hydrogen) atoms. The molecule has 1 heterocycles. The molecule has 1 N–H and O–H groups in total. The summed E-state index contributed by atoms with van der Waals surface area (Å²) < 4.78 is 0. The molecule has 1 aromatic heterocycles. The summed E-state index contributed by atoms with van der Waals surface area (Å²) in [6.07, 6.45) is 11.6. The molecule has 6 heteroatoms. The Bertz CT molecular complexity index is 690. The van der Waals surface area contributed by atoms with Crippen LogP contribution in [0.5, 0.6) is 0 Å². The summed E-state index contributed by atoms with van der Waals surface area (Å²) >= 11 is 0. The van der Waals surface area contributed by atoms with E-state index in [9.17, 15) is 9.59 Å². The summed E-state index contributed by atoms with van der Waals surface area (Å²) in [6.45, 7) is 2.66. The van der Waals surface area contributed by atoms with Crippen LogP contribution in [0.15, 0.2) is 6.20 Å². The SMILES string of the molecule is Cc1ncc(C(=O)N(C)C)c(C2CCC(CNC(=O)C3CCCCC3)CC2)n1. The lowest BCUT2D eigenvalue weighted by Crippen LogP contribution is -2.36. The number of rotatable bonds is 5. The number of hydrogen-bond acceptors (Lipinski definition) is 4. The first-order valence-corrected chi connectivity index (χ1v) is 10.8. The van der Waals surface area contributed by atoms with E-state index in [1.165, 1.54) is 19.3 Å². The van der Waals surface area contributed by atoms with Crippen LogP contribution in [0, 0.1) is 18.8 Å². The molecule has 0 aliphatic heterocycles. The fourth-order valence-corrected chi connectivity index (χ4v) is 4.60. The van der Waals surface area contributed by atoms with Crippen molar-refractivity contribution in [3.63, 3.8) is 0 Å². The van der Waals surface area contributed by atoms with Crippen molar-refractivity contribution in [3.8, 4) is 0 Å². The Morgan fingerprint density at radius 1 is 1.07 bits per heavy atom. The zero-order valence-electron chi connectivity index (χ0n) is 17.5. The Morgan fingerprint density at radius 2 is 1.75 bits per heavy atom. The Kier molecular flexibility index (Phi) is 7.03. The molecule has 154 valence electrons. The summed E-state index contributed by atoms with van der Waals surface area (Å²) in [7, 11) is 3.52. The van der Waals surface area contributed by atoms with Gasteiger partial charge in [0.25, 0.3) is 5.91 Å². The molecule has 0 bridgehead atoms. The van der Waals surface area contributed by atoms with E-state index in [-0.39, 0.29) is 17.7 Å². The molecule has 0 radical (unpaired) electrons. The van der Waals surface area contributed by atoms with E-state index in [1.807, 2.05) is 6.92 Å². The number of carbonyl (C=O) groups is 2. The highest BCUT2D eigenvalue weighted by Gasteiger charge is 2.29. The Hall–Kier alpha value is -1.98. The van der Waals surface area contributed by atoms with Crippen LogP contribution in [0.4, 0.5) is 0 Å². The topological polar surface area (TPSA) is 75.2 Å². The summed E-state index contributed by atoms with van der Waals surface area (Å²) in [4.78, 5) is 35.3. The predicted octanol–water partition coefficient (Wildman–Crippen LogP) is 3.46. The van der Waals surface area contributed by atoms with Crippen molar-refractivity contribution in [3.05, 3.63) is 23.3 Å². The predicted molar refractivity (Wildman–Crippen MR) is 109 cm³/mol. The van der Waals surface area contributed by atoms with Crippen molar-refractivity contribution in [2.45, 2.75) is 70.6 Å². The van der Waals surface area contributed by atoms with Crippen molar-refractivity contribution >= 4 is 11.8 Å². The van der Waals surface area contributed by atoms with E-state index in [1.54, 1.807) is 25.2 Å². The van der Waals surface area contributed by atoms with Gasteiger partial charge in [0.05, 0.1) is 11.3 Å². The summed E-state index contributed by atoms with van der Waals surface area (Å²) in [5.74, 6) is 2.00. The number of carbonyl (C=O) groups excluding carboxylic acids is 2. The highest BCUT2D eigenvalue weighted by molar-refractivity contribution is 5.94. The third kappa shape index (κ3) is 5.09. The number of amides is 2. The van der Waals surface area contributed by atoms with Crippen molar-refractivity contribution in [2.24, 2.45) is 11.8 Å². The van der Waals surface area contributed by atoms with E-state index in [0.29, 0.717) is 23.2 Å². The van der Waals surface area contributed by atoms with Crippen LogP contribution >= 0.6 is 0 Å². The summed E-state index contributed by atoms with van der Waals surface area (Å²) in [5.41, 5.74) is 1.53. The molecule has 0 spiro atoms. The van der Waals surface area contributed by atoms with Gasteiger partial charge < -0.3 is 10.2 Å². The van der Waals surface area contributed by atoms with Crippen LogP contribution in [0.3, 0.4) is 0 Å². The Morgan fingerprint density at radius 3 is 2.39 bits per heavy atom. The maximum Gasteiger partial charge on any atom is 0.256 e. The van der Waals surface area contributed by atoms with Crippen molar-refractivity contribution in [1.82, 2.24) is 20.2 Å². The molecule has 0 aromatic carbocycles. The van der Waals surface area contributed by atoms with E-state index < -0.39 is 0 Å². The first-order valence-electron chi connectivity index (χ1n) is 10.8. The minimum atomic E-state index is -0.0307. The molecule has 0 unspecified atom stereocenters. The van der Waals surface area contributed by atoms with Crippen LogP contribution in [-0.2, 0) is 4.79 Å². The van der Waals surface area contributed by atoms with Gasteiger partial charge in [-0.15, -0.1) is 0 Å². The summed E-state index contributed by atoms with van der Waals surface area (Å²) in [5, 5.41) is 3.21. The molecule has 3 rings (SSSR count). The van der Waals surface area contributed by atoms with Gasteiger partial charge in [-0.3, -0.25) is 9.59 Å². The molecule has 2 saturated carbocycles. The maximum absolute atomic E-state index is 12.5. The molecule has 0 saturated heterocycles. The number of aromatic nitrogens is 2. The number of aryl methyl sites for hydroxylation is 1. The third-order valence-corrected chi connectivity index (χ3v) is 6.35. The largest absolute Gasteiger partial charge is 0.356 e. The molecule has 2 aliphatic rings. The highest BCUT2D eigenvalue weighted by atomic mass is 16.2. The third-order valence-electron chi connectivity index (χ3n) is 6.35. The van der Waals surface area contributed by atoms with Crippen molar-refractivity contribution in [2.75, 3.05) is 20.6 Å². The molecular weight excluding hydrogens is 352 g/mol. The van der Waals surface area contributed by atoms with Crippen LogP contribution in [0.25, 0.3) is 0 Å². The van der Waals surface area contributed by atoms with E-state index in [4.69, 9.17) is 0 Å². The molecule has 1 aromatic rings. The fraction of sp³-hybridized carbons (Fsp3) is 0.727. The van der Waals surface area contributed by atoms with Gasteiger partial charge in [0.2, 0.25) is 5.91 Å². The van der Waals surface area contributed by atoms with Gasteiger partial charge in [0.15, 0.2) is 0 Å². The molecule has 2 fully saturated rings. The highest BCUT2D eigenvalue weighted by Crippen LogP contribution is 2.36. The average molecular weight is 387 g/mol. The Balaban J connectivity index is 1.54. The maximum atomic E-state index is 12.5. The standard InChI is InChI=1S/C22H34N4O2/c1-15-23-14-19(22(28)26(2)3)20(25-15)17-11-9-16(10-12-17)13-24-21(27)18-7-5-4-6-8-18/h14,16-18H,4-13H2,1-3H3,(H,24,27). The molecule has 0 atom stereocenters. The van der Waals surface area contributed by atoms with Gasteiger partial charge in [0, 0.05) is 38.7 Å². The summed E-state index contributed by atoms with van der Waals surface area (Å²) in [6, 6.07) is 0. The zero-order chi connectivity index (χ0) is 20.1. The second-order valence-electron chi connectivity index (χ2n) is 8.71. The molecular formula is C22H34N4O2. The normalized spacial score (nSPS) is 23.2. The van der Waals surface area contributed by atoms with Crippen molar-refractivity contribution < 1.29 is 9.59 Å². The van der Waals surface area contributed by atoms with Crippen LogP contribution in [-0.4, -0.2) is 47.3 Å². The first kappa shape index (κ1) is 20.7. The van der Waals surface area contributed by atoms with E-state index >= 15 is 0 Å². The quantitative estimate of drug-likeness (QED) is 0.841. The van der Waals surface area contributed by atoms with Gasteiger partial charge in [-0.2, -0.15) is 0 Å². The molecule has 6 nitrogen and oxygen atoms in total. The first-order chi connectivity index (χ1) is 13.5. The number of nitrogens with one attached hydrogen (secondary N) is 1. The van der Waals surface area contributed by atoms with Gasteiger partial charge in [-0.05, 0) is 51.4 Å². The van der Waals surface area contributed by atoms with Gasteiger partial charge in [-0.1, -0.05) is 19.3 Å². The molecule has 2 aliphatic carbocycles. The van der Waals surface area contributed by atoms with Crippen LogP contribution in [0.1, 0.15) is 85.6 Å². The van der Waals surface area contributed by atoms with Gasteiger partial charge in [-0.25, -0.2) is 9.97 Å². The number of hydrogen-bond donors (Lipinski definition) is 1. The average Bonchev–Trinajstić information content (AvgIpc) is 2.72. The fourth-order valence-electron chi connectivity index (χ4n) is 4.60. The van der Waals surface area contributed by atoms with E-state index in [2.05, 4.69) is 15.3 Å². The lowest BCUT2D eigenvalue weighted by atomic mass is 9.79. The van der Waals surface area contributed by atoms with Crippen LogP contribution < -0.4 is 5.32 Å². The van der Waals surface area contributed by atoms with Gasteiger partial charge >= 0.3 is 0 Å². The van der Waals surface area contributed by atoms with Gasteiger partial charge in [0.1, 0.15) is 5.82 Å². The second-order valence-corrected chi connectivity index (χ2v) is 8.71. The monoisotopic (exact) mass is 386 g/mol. The number of nitrogens with zero attached hydrogens (tertiary/aromatic N) is 3. The van der Waals surface area contributed by atoms with Crippen LogP contribution in [0.2, 0.25) is 0 Å². The zero-order valence-corrected chi connectivity index (χ0v) is 17.5. The lowest BCUT2D eigenvalue weighted by molar-refractivity contribution is -0.126. The second kappa shape index (κ2) is 9.48. The van der Waals surface area contributed by atoms with E-state index in [0.717, 1.165) is 50.8 Å². The lowest BCUT2D eigenvalue weighted by Gasteiger charge is -2.30. The van der Waals surface area contributed by atoms with Crippen molar-refractivity contribution in [1.29, 1.82) is 0 Å². The minimum Gasteiger partial charge on any atom is -0.356 e. The smallest absolute Gasteiger partial charge is 0.256 e. The molecule has 2 amide bonds.